The average Bonchev–Trinajstić information content (AvgIpc) is 2.59. The van der Waals surface area contributed by atoms with Gasteiger partial charge in [-0.15, -0.1) is 0 Å². The van der Waals surface area contributed by atoms with Crippen LogP contribution in [0, 0.1) is 0 Å². The third-order valence-electron chi connectivity index (χ3n) is 2.80. The molecule has 1 amide bonds. The second-order valence-corrected chi connectivity index (χ2v) is 3.67. The zero-order valence-corrected chi connectivity index (χ0v) is 8.77. The fourth-order valence-electron chi connectivity index (χ4n) is 2.18. The Kier molecular flexibility index (Phi) is 3.02. The summed E-state index contributed by atoms with van der Waals surface area (Å²) in [5.41, 5.74) is 2.48. The number of benzene rings is 1. The molecule has 0 saturated carbocycles. The van der Waals surface area contributed by atoms with Crippen LogP contribution in [-0.2, 0) is 16.0 Å². The Morgan fingerprint density at radius 1 is 1.53 bits per heavy atom. The fourth-order valence-corrected chi connectivity index (χ4v) is 2.18. The highest BCUT2D eigenvalue weighted by atomic mass is 16.5. The van der Waals surface area contributed by atoms with E-state index in [2.05, 4.69) is 17.4 Å². The summed E-state index contributed by atoms with van der Waals surface area (Å²) in [5, 5.41) is 2.82. The first-order valence-electron chi connectivity index (χ1n) is 5.26. The molecule has 1 N–H and O–H groups in total. The molecule has 0 saturated heterocycles. The molecule has 3 nitrogen and oxygen atoms in total. The molecule has 3 heteroatoms. The van der Waals surface area contributed by atoms with Crippen molar-refractivity contribution in [3.63, 3.8) is 0 Å². The van der Waals surface area contributed by atoms with E-state index in [1.807, 2.05) is 19.1 Å². The molecule has 0 spiro atoms. The van der Waals surface area contributed by atoms with Gasteiger partial charge in [-0.2, -0.15) is 0 Å². The third-order valence-corrected chi connectivity index (χ3v) is 2.80. The molecule has 80 valence electrons. The summed E-state index contributed by atoms with van der Waals surface area (Å²) in [4.78, 5) is 10.5. The van der Waals surface area contributed by atoms with Gasteiger partial charge in [0.05, 0.1) is 6.04 Å². The lowest BCUT2D eigenvalue weighted by atomic mass is 10.1. The number of fused-ring (bicyclic) bond motifs is 1. The van der Waals surface area contributed by atoms with Gasteiger partial charge in [-0.1, -0.05) is 24.3 Å². The maximum absolute atomic E-state index is 10.5. The van der Waals surface area contributed by atoms with E-state index in [-0.39, 0.29) is 12.1 Å². The fraction of sp³-hybridized carbons (Fsp3) is 0.417. The molecule has 1 aromatic carbocycles. The van der Waals surface area contributed by atoms with Crippen LogP contribution in [0.25, 0.3) is 0 Å². The second-order valence-electron chi connectivity index (χ2n) is 3.67. The Bertz CT molecular complexity index is 351. The van der Waals surface area contributed by atoms with E-state index in [4.69, 9.17) is 4.74 Å². The van der Waals surface area contributed by atoms with Crippen molar-refractivity contribution in [1.82, 2.24) is 5.32 Å². The van der Waals surface area contributed by atoms with Crippen molar-refractivity contribution in [2.75, 3.05) is 6.61 Å². The molecular weight excluding hydrogens is 190 g/mol. The van der Waals surface area contributed by atoms with Crippen molar-refractivity contribution in [2.45, 2.75) is 25.5 Å². The van der Waals surface area contributed by atoms with Gasteiger partial charge in [0.15, 0.2) is 0 Å². The molecule has 2 atom stereocenters. The lowest BCUT2D eigenvalue weighted by Crippen LogP contribution is -2.32. The van der Waals surface area contributed by atoms with Crippen LogP contribution in [0.15, 0.2) is 24.3 Å². The molecule has 0 fully saturated rings. The summed E-state index contributed by atoms with van der Waals surface area (Å²) in [7, 11) is 0. The number of ether oxygens (including phenoxy) is 1. The Balaban J connectivity index is 2.24. The number of carbonyl (C=O) groups is 1. The van der Waals surface area contributed by atoms with E-state index in [1.54, 1.807) is 0 Å². The van der Waals surface area contributed by atoms with Crippen molar-refractivity contribution < 1.29 is 9.53 Å². The standard InChI is InChI=1S/C12H15NO2/c1-2-15-12-10-6-4-3-5-9(10)7-11(12)13-8-14/h3-6,8,11-12H,2,7H2,1H3,(H,13,14). The molecule has 0 bridgehead atoms. The monoisotopic (exact) mass is 205 g/mol. The predicted octanol–water partition coefficient (Wildman–Crippen LogP) is 1.43. The topological polar surface area (TPSA) is 38.3 Å². The van der Waals surface area contributed by atoms with E-state index >= 15 is 0 Å². The Morgan fingerprint density at radius 2 is 2.33 bits per heavy atom. The predicted molar refractivity (Wildman–Crippen MR) is 57.5 cm³/mol. The molecule has 2 rings (SSSR count). The van der Waals surface area contributed by atoms with Crippen LogP contribution >= 0.6 is 0 Å². The third kappa shape index (κ3) is 1.88. The van der Waals surface area contributed by atoms with Gasteiger partial charge < -0.3 is 10.1 Å². The molecule has 0 aliphatic heterocycles. The van der Waals surface area contributed by atoms with Crippen molar-refractivity contribution in [1.29, 1.82) is 0 Å². The molecular formula is C12H15NO2. The zero-order valence-electron chi connectivity index (χ0n) is 8.77. The molecule has 0 aromatic heterocycles. The molecule has 15 heavy (non-hydrogen) atoms. The van der Waals surface area contributed by atoms with Crippen LogP contribution in [0.3, 0.4) is 0 Å². The number of nitrogens with one attached hydrogen (secondary N) is 1. The van der Waals surface area contributed by atoms with Gasteiger partial charge in [0.25, 0.3) is 0 Å². The van der Waals surface area contributed by atoms with E-state index in [9.17, 15) is 4.79 Å². The Morgan fingerprint density at radius 3 is 3.07 bits per heavy atom. The number of rotatable bonds is 4. The highest BCUT2D eigenvalue weighted by molar-refractivity contribution is 5.49. The number of hydrogen-bond acceptors (Lipinski definition) is 2. The minimum Gasteiger partial charge on any atom is -0.372 e. The van der Waals surface area contributed by atoms with E-state index in [0.717, 1.165) is 12.8 Å². The summed E-state index contributed by atoms with van der Waals surface area (Å²) in [6, 6.07) is 8.27. The van der Waals surface area contributed by atoms with Crippen LogP contribution in [0.1, 0.15) is 24.2 Å². The first-order chi connectivity index (χ1) is 7.36. The Labute approximate surface area is 89.4 Å². The van der Waals surface area contributed by atoms with Crippen molar-refractivity contribution >= 4 is 6.41 Å². The first-order valence-corrected chi connectivity index (χ1v) is 5.26. The van der Waals surface area contributed by atoms with Gasteiger partial charge >= 0.3 is 0 Å². The van der Waals surface area contributed by atoms with Crippen LogP contribution in [0.2, 0.25) is 0 Å². The van der Waals surface area contributed by atoms with Gasteiger partial charge in [0.1, 0.15) is 6.10 Å². The smallest absolute Gasteiger partial charge is 0.207 e. The van der Waals surface area contributed by atoms with Crippen molar-refractivity contribution in [2.24, 2.45) is 0 Å². The second kappa shape index (κ2) is 4.45. The summed E-state index contributed by atoms with van der Waals surface area (Å²) in [6.07, 6.45) is 1.62. The maximum Gasteiger partial charge on any atom is 0.207 e. The van der Waals surface area contributed by atoms with E-state index in [0.29, 0.717) is 6.61 Å². The van der Waals surface area contributed by atoms with Crippen molar-refractivity contribution in [3.8, 4) is 0 Å². The van der Waals surface area contributed by atoms with E-state index in [1.165, 1.54) is 11.1 Å². The molecule has 0 radical (unpaired) electrons. The van der Waals surface area contributed by atoms with Crippen LogP contribution in [0.5, 0.6) is 0 Å². The number of hydrogen-bond donors (Lipinski definition) is 1. The quantitative estimate of drug-likeness (QED) is 0.755. The normalized spacial score (nSPS) is 23.5. The molecule has 1 aliphatic rings. The van der Waals surface area contributed by atoms with E-state index < -0.39 is 0 Å². The van der Waals surface area contributed by atoms with Crippen molar-refractivity contribution in [3.05, 3.63) is 35.4 Å². The van der Waals surface area contributed by atoms with Gasteiger partial charge in [0.2, 0.25) is 6.41 Å². The number of amides is 1. The van der Waals surface area contributed by atoms with Gasteiger partial charge in [-0.25, -0.2) is 0 Å². The SMILES string of the molecule is CCOC1c2ccccc2CC1NC=O. The summed E-state index contributed by atoms with van der Waals surface area (Å²) >= 11 is 0. The summed E-state index contributed by atoms with van der Waals surface area (Å²) < 4.78 is 5.67. The average molecular weight is 205 g/mol. The highest BCUT2D eigenvalue weighted by Crippen LogP contribution is 2.33. The van der Waals surface area contributed by atoms with Gasteiger partial charge in [-0.3, -0.25) is 4.79 Å². The summed E-state index contributed by atoms with van der Waals surface area (Å²) in [6.45, 7) is 2.63. The molecule has 1 aliphatic carbocycles. The van der Waals surface area contributed by atoms with Gasteiger partial charge in [-0.05, 0) is 24.5 Å². The largest absolute Gasteiger partial charge is 0.372 e. The lowest BCUT2D eigenvalue weighted by molar-refractivity contribution is -0.111. The first kappa shape index (κ1) is 10.2. The lowest BCUT2D eigenvalue weighted by Gasteiger charge is -2.19. The maximum atomic E-state index is 10.5. The van der Waals surface area contributed by atoms with Crippen LogP contribution < -0.4 is 5.32 Å². The minimum absolute atomic E-state index is 0.0106. The van der Waals surface area contributed by atoms with Crippen LogP contribution in [0.4, 0.5) is 0 Å². The zero-order chi connectivity index (χ0) is 10.7. The summed E-state index contributed by atoms with van der Waals surface area (Å²) in [5.74, 6) is 0. The molecule has 1 aromatic rings. The van der Waals surface area contributed by atoms with Crippen LogP contribution in [-0.4, -0.2) is 19.1 Å². The van der Waals surface area contributed by atoms with Gasteiger partial charge in [0, 0.05) is 6.61 Å². The number of carbonyl (C=O) groups excluding carboxylic acids is 1. The highest BCUT2D eigenvalue weighted by Gasteiger charge is 2.32. The molecule has 0 heterocycles. The minimum atomic E-state index is 0.0106. The Hall–Kier alpha value is -1.35. The molecule has 2 unspecified atom stereocenters.